The molecule has 4 nitrogen and oxygen atoms in total. The van der Waals surface area contributed by atoms with Gasteiger partial charge in [0, 0.05) is 7.11 Å². The summed E-state index contributed by atoms with van der Waals surface area (Å²) in [5.74, 6) is 0. The molecule has 0 aromatic rings. The van der Waals surface area contributed by atoms with Crippen LogP contribution < -0.4 is 0 Å². The molecule has 0 amide bonds. The Labute approximate surface area is 50.3 Å². The van der Waals surface area contributed by atoms with Crippen molar-refractivity contribution in [3.63, 3.8) is 0 Å². The second-order valence-electron chi connectivity index (χ2n) is 1.10. The molecule has 0 saturated heterocycles. The van der Waals surface area contributed by atoms with E-state index in [2.05, 4.69) is 8.92 Å². The zero-order valence-corrected chi connectivity index (χ0v) is 5.44. The van der Waals surface area contributed by atoms with Crippen molar-refractivity contribution >= 4 is 11.4 Å². The molecule has 0 N–H and O–H groups in total. The Morgan fingerprint density at radius 1 is 1.75 bits per heavy atom. The first-order valence-corrected chi connectivity index (χ1v) is 2.96. The molecule has 8 heavy (non-hydrogen) atoms. The van der Waals surface area contributed by atoms with Crippen molar-refractivity contribution in [2.45, 2.75) is 13.2 Å². The minimum atomic E-state index is -2.47. The van der Waals surface area contributed by atoms with Crippen LogP contribution in [0.5, 0.6) is 0 Å². The van der Waals surface area contributed by atoms with Crippen LogP contribution in [-0.2, 0) is 20.3 Å². The van der Waals surface area contributed by atoms with Crippen LogP contribution in [0.1, 0.15) is 6.92 Å². The van der Waals surface area contributed by atoms with Crippen LogP contribution in [0.3, 0.4) is 0 Å². The molecule has 0 saturated carbocycles. The molecule has 0 aliphatic carbocycles. The molecule has 0 aromatic carbocycles. The lowest BCUT2D eigenvalue weighted by atomic mass is 10.8. The van der Waals surface area contributed by atoms with Gasteiger partial charge in [0.15, 0.2) is 6.29 Å². The van der Waals surface area contributed by atoms with Crippen molar-refractivity contribution in [3.8, 4) is 0 Å². The summed E-state index contributed by atoms with van der Waals surface area (Å²) in [6.45, 7) is 1.48. The van der Waals surface area contributed by atoms with E-state index in [9.17, 15) is 8.76 Å². The molecule has 0 aliphatic rings. The van der Waals surface area contributed by atoms with E-state index in [0.717, 1.165) is 0 Å². The van der Waals surface area contributed by atoms with Gasteiger partial charge in [0.25, 0.3) is 0 Å². The van der Waals surface area contributed by atoms with Crippen molar-refractivity contribution in [3.05, 3.63) is 0 Å². The van der Waals surface area contributed by atoms with Crippen molar-refractivity contribution in [2.24, 2.45) is 0 Å². The Morgan fingerprint density at radius 3 is 2.38 bits per heavy atom. The predicted molar refractivity (Wildman–Crippen MR) is 26.5 cm³/mol. The number of hydrogen-bond donors (Lipinski definition) is 0. The van der Waals surface area contributed by atoms with Gasteiger partial charge in [0.2, 0.25) is 0 Å². The number of ether oxygens (including phenoxy) is 1. The van der Waals surface area contributed by atoms with Crippen LogP contribution in [0.15, 0.2) is 0 Å². The van der Waals surface area contributed by atoms with Crippen LogP contribution >= 0.6 is 0 Å². The Balaban J connectivity index is 3.24. The first kappa shape index (κ1) is 8.03. The second-order valence-corrected chi connectivity index (χ2v) is 1.70. The topological polar surface area (TPSA) is 58.6 Å². The van der Waals surface area contributed by atoms with Gasteiger partial charge in [0.05, 0.1) is 11.4 Å². The van der Waals surface area contributed by atoms with Crippen LogP contribution in [0.4, 0.5) is 0 Å². The average molecular weight is 139 g/mol. The summed E-state index contributed by atoms with van der Waals surface area (Å²) in [6.07, 6.45) is -0.687. The minimum Gasteiger partial charge on any atom is -0.750 e. The summed E-state index contributed by atoms with van der Waals surface area (Å²) in [5, 5.41) is 0. The lowest BCUT2D eigenvalue weighted by Crippen LogP contribution is -2.11. The van der Waals surface area contributed by atoms with Crippen molar-refractivity contribution in [1.29, 1.82) is 0 Å². The standard InChI is InChI=1S/C3H8O4S/c1-3(6-2)7-8(4)5/h3H,1-2H3,(H,4,5)/p-1. The van der Waals surface area contributed by atoms with Gasteiger partial charge in [-0.25, -0.2) is 4.21 Å². The maximum Gasteiger partial charge on any atom is 0.168 e. The summed E-state index contributed by atoms with van der Waals surface area (Å²) in [4.78, 5) is 0. The van der Waals surface area contributed by atoms with E-state index in [4.69, 9.17) is 0 Å². The zero-order valence-electron chi connectivity index (χ0n) is 4.62. The fraction of sp³-hybridized carbons (Fsp3) is 1.00. The van der Waals surface area contributed by atoms with Crippen LogP contribution in [0, 0.1) is 0 Å². The first-order valence-electron chi connectivity index (χ1n) is 1.96. The lowest BCUT2D eigenvalue weighted by molar-refractivity contribution is -0.0350. The monoisotopic (exact) mass is 139 g/mol. The van der Waals surface area contributed by atoms with Gasteiger partial charge in [-0.1, -0.05) is 0 Å². The summed E-state index contributed by atoms with van der Waals surface area (Å²) in [6, 6.07) is 0. The highest BCUT2D eigenvalue weighted by Gasteiger charge is 1.95. The highest BCUT2D eigenvalue weighted by molar-refractivity contribution is 7.74. The summed E-state index contributed by atoms with van der Waals surface area (Å²) in [5.41, 5.74) is 0. The Kier molecular flexibility index (Phi) is 3.98. The van der Waals surface area contributed by atoms with E-state index in [1.807, 2.05) is 0 Å². The third kappa shape index (κ3) is 4.20. The van der Waals surface area contributed by atoms with Gasteiger partial charge >= 0.3 is 0 Å². The molecule has 2 atom stereocenters. The molecule has 0 radical (unpaired) electrons. The smallest absolute Gasteiger partial charge is 0.168 e. The maximum absolute atomic E-state index is 9.67. The quantitative estimate of drug-likeness (QED) is 0.401. The van der Waals surface area contributed by atoms with Gasteiger partial charge < -0.3 is 9.29 Å². The van der Waals surface area contributed by atoms with Crippen LogP contribution in [0.25, 0.3) is 0 Å². The molecule has 2 unspecified atom stereocenters. The van der Waals surface area contributed by atoms with E-state index >= 15 is 0 Å². The van der Waals surface area contributed by atoms with Gasteiger partial charge in [-0.15, -0.1) is 0 Å². The van der Waals surface area contributed by atoms with Crippen molar-refractivity contribution in [2.75, 3.05) is 7.11 Å². The van der Waals surface area contributed by atoms with E-state index in [1.54, 1.807) is 0 Å². The van der Waals surface area contributed by atoms with Crippen LogP contribution in [-0.4, -0.2) is 22.2 Å². The largest absolute Gasteiger partial charge is 0.750 e. The van der Waals surface area contributed by atoms with E-state index in [0.29, 0.717) is 0 Å². The maximum atomic E-state index is 9.67. The minimum absolute atomic E-state index is 0.687. The summed E-state index contributed by atoms with van der Waals surface area (Å²) in [7, 11) is 1.36. The summed E-state index contributed by atoms with van der Waals surface area (Å²) >= 11 is -2.47. The number of methoxy groups -OCH3 is 1. The molecule has 50 valence electrons. The average Bonchev–Trinajstić information content (AvgIpc) is 1.65. The predicted octanol–water partition coefficient (Wildman–Crippen LogP) is -0.210. The highest BCUT2D eigenvalue weighted by atomic mass is 32.2. The van der Waals surface area contributed by atoms with Gasteiger partial charge in [-0.3, -0.25) is 4.18 Å². The molecule has 0 aliphatic heterocycles. The summed E-state index contributed by atoms with van der Waals surface area (Å²) < 4.78 is 27.9. The molecular formula is C3H7O4S-. The second kappa shape index (κ2) is 3.96. The molecule has 0 heterocycles. The first-order chi connectivity index (χ1) is 3.66. The molecule has 5 heteroatoms. The Morgan fingerprint density at radius 2 is 2.25 bits per heavy atom. The molecule has 0 aromatic heterocycles. The highest BCUT2D eigenvalue weighted by Crippen LogP contribution is 1.90. The third-order valence-corrected chi connectivity index (χ3v) is 0.974. The zero-order chi connectivity index (χ0) is 6.57. The van der Waals surface area contributed by atoms with Gasteiger partial charge in [0.1, 0.15) is 0 Å². The fourth-order valence-corrected chi connectivity index (χ4v) is 0.450. The molecule has 0 spiro atoms. The molecule has 0 bridgehead atoms. The Hall–Kier alpha value is 0.0300. The normalized spacial score (nSPS) is 17.9. The number of rotatable bonds is 3. The third-order valence-electron chi connectivity index (χ3n) is 0.546. The van der Waals surface area contributed by atoms with E-state index in [-0.39, 0.29) is 0 Å². The number of hydrogen-bond acceptors (Lipinski definition) is 4. The van der Waals surface area contributed by atoms with Crippen molar-refractivity contribution in [1.82, 2.24) is 0 Å². The molecule has 0 rings (SSSR count). The van der Waals surface area contributed by atoms with Gasteiger partial charge in [-0.2, -0.15) is 0 Å². The lowest BCUT2D eigenvalue weighted by Gasteiger charge is -2.10. The molecular weight excluding hydrogens is 132 g/mol. The fourth-order valence-electron chi connectivity index (χ4n) is 0.150. The van der Waals surface area contributed by atoms with E-state index < -0.39 is 17.7 Å². The van der Waals surface area contributed by atoms with Crippen LogP contribution in [0.2, 0.25) is 0 Å². The SMILES string of the molecule is COC(C)OS(=O)[O-]. The molecule has 0 fully saturated rings. The van der Waals surface area contributed by atoms with Gasteiger partial charge in [-0.05, 0) is 6.92 Å². The Bertz CT molecular complexity index is 83.4. The van der Waals surface area contributed by atoms with E-state index in [1.165, 1.54) is 14.0 Å². The van der Waals surface area contributed by atoms with Crippen molar-refractivity contribution < 1.29 is 17.7 Å².